The van der Waals surface area contributed by atoms with Crippen LogP contribution in [0.5, 0.6) is 0 Å². The Labute approximate surface area is 103 Å². The molecule has 0 spiro atoms. The lowest BCUT2D eigenvalue weighted by molar-refractivity contribution is -0.139. The molecule has 1 atom stereocenters. The lowest BCUT2D eigenvalue weighted by Gasteiger charge is -2.22. The van der Waals surface area contributed by atoms with Crippen LogP contribution in [0.4, 0.5) is 0 Å². The van der Waals surface area contributed by atoms with Crippen molar-refractivity contribution in [2.24, 2.45) is 0 Å². The monoisotopic (exact) mass is 238 g/mol. The lowest BCUT2D eigenvalue weighted by atomic mass is 10.0. The molecule has 96 valence electrons. The Kier molecular flexibility index (Phi) is 4.18. The summed E-state index contributed by atoms with van der Waals surface area (Å²) >= 11 is 0. The van der Waals surface area contributed by atoms with Gasteiger partial charge in [-0.1, -0.05) is 11.6 Å². The third kappa shape index (κ3) is 3.30. The van der Waals surface area contributed by atoms with E-state index < -0.39 is 5.60 Å². The number of carbonyl (C=O) groups excluding carboxylic acids is 1. The molecular weight excluding hydrogens is 216 g/mol. The average molecular weight is 238 g/mol. The molecule has 2 heterocycles. The van der Waals surface area contributed by atoms with Gasteiger partial charge in [0.25, 0.3) is 5.91 Å². The maximum Gasteiger partial charge on any atom is 0.251 e. The summed E-state index contributed by atoms with van der Waals surface area (Å²) in [5, 5.41) is 6.27. The van der Waals surface area contributed by atoms with Crippen LogP contribution in [-0.2, 0) is 9.53 Å². The molecule has 0 saturated carbocycles. The van der Waals surface area contributed by atoms with E-state index >= 15 is 0 Å². The van der Waals surface area contributed by atoms with E-state index in [0.29, 0.717) is 6.61 Å². The first kappa shape index (κ1) is 12.6. The van der Waals surface area contributed by atoms with Crippen LogP contribution < -0.4 is 10.6 Å². The summed E-state index contributed by atoms with van der Waals surface area (Å²) in [4.78, 5) is 11.9. The Morgan fingerprint density at radius 3 is 3.18 bits per heavy atom. The van der Waals surface area contributed by atoms with E-state index in [0.717, 1.165) is 45.3 Å². The van der Waals surface area contributed by atoms with Crippen LogP contribution >= 0.6 is 0 Å². The zero-order chi connectivity index (χ0) is 12.1. The van der Waals surface area contributed by atoms with Gasteiger partial charge >= 0.3 is 0 Å². The second-order valence-corrected chi connectivity index (χ2v) is 5.01. The van der Waals surface area contributed by atoms with Crippen molar-refractivity contribution in [1.82, 2.24) is 10.6 Å². The molecule has 0 radical (unpaired) electrons. The molecule has 2 N–H and O–H groups in total. The number of nitrogens with one attached hydrogen (secondary N) is 2. The largest absolute Gasteiger partial charge is 0.365 e. The van der Waals surface area contributed by atoms with E-state index in [4.69, 9.17) is 4.74 Å². The van der Waals surface area contributed by atoms with Gasteiger partial charge < -0.3 is 15.4 Å². The predicted molar refractivity (Wildman–Crippen MR) is 66.8 cm³/mol. The van der Waals surface area contributed by atoms with Crippen LogP contribution in [0.1, 0.15) is 32.6 Å². The highest BCUT2D eigenvalue weighted by Crippen LogP contribution is 2.24. The van der Waals surface area contributed by atoms with E-state index in [2.05, 4.69) is 16.7 Å². The van der Waals surface area contributed by atoms with Crippen molar-refractivity contribution in [1.29, 1.82) is 0 Å². The van der Waals surface area contributed by atoms with Crippen molar-refractivity contribution < 1.29 is 9.53 Å². The van der Waals surface area contributed by atoms with E-state index in [1.165, 1.54) is 5.57 Å². The molecule has 2 aliphatic rings. The summed E-state index contributed by atoms with van der Waals surface area (Å²) in [6, 6.07) is 0. The summed E-state index contributed by atoms with van der Waals surface area (Å²) in [5.74, 6) is 0.0459. The van der Waals surface area contributed by atoms with Gasteiger partial charge in [0.05, 0.1) is 0 Å². The molecule has 1 saturated heterocycles. The zero-order valence-electron chi connectivity index (χ0n) is 10.6. The van der Waals surface area contributed by atoms with Crippen LogP contribution in [0.25, 0.3) is 0 Å². The van der Waals surface area contributed by atoms with Crippen molar-refractivity contribution in [3.63, 3.8) is 0 Å². The summed E-state index contributed by atoms with van der Waals surface area (Å²) < 4.78 is 5.51. The Bertz CT molecular complexity index is 307. The van der Waals surface area contributed by atoms with Gasteiger partial charge in [-0.05, 0) is 39.2 Å². The van der Waals surface area contributed by atoms with Gasteiger partial charge in [-0.3, -0.25) is 4.79 Å². The molecule has 4 heteroatoms. The van der Waals surface area contributed by atoms with Gasteiger partial charge in [0.15, 0.2) is 0 Å². The average Bonchev–Trinajstić information content (AvgIpc) is 2.79. The summed E-state index contributed by atoms with van der Waals surface area (Å²) in [6.45, 7) is 5.34. The summed E-state index contributed by atoms with van der Waals surface area (Å²) in [7, 11) is 0. The van der Waals surface area contributed by atoms with Crippen LogP contribution in [0.2, 0.25) is 0 Å². The molecule has 0 aliphatic carbocycles. The Balaban J connectivity index is 1.71. The minimum atomic E-state index is -0.581. The lowest BCUT2D eigenvalue weighted by Crippen LogP contribution is -2.44. The molecule has 4 nitrogen and oxygen atoms in total. The SMILES string of the molecule is CC1(C(=O)NCCC2=CCNCC2)CCCO1. The molecule has 2 aliphatic heterocycles. The molecule has 0 aromatic rings. The minimum Gasteiger partial charge on any atom is -0.365 e. The Morgan fingerprint density at radius 1 is 1.65 bits per heavy atom. The number of amides is 1. The highest BCUT2D eigenvalue weighted by Gasteiger charge is 2.37. The number of hydrogen-bond donors (Lipinski definition) is 2. The standard InChI is InChI=1S/C13H22N2O2/c1-13(6-2-10-17-13)12(16)15-9-5-11-3-7-14-8-4-11/h3,14H,2,4-10H2,1H3,(H,15,16). The number of hydrogen-bond acceptors (Lipinski definition) is 3. The minimum absolute atomic E-state index is 0.0459. The van der Waals surface area contributed by atoms with Crippen LogP contribution in [0, 0.1) is 0 Å². The second-order valence-electron chi connectivity index (χ2n) is 5.01. The van der Waals surface area contributed by atoms with Gasteiger partial charge in [-0.25, -0.2) is 0 Å². The molecule has 0 bridgehead atoms. The van der Waals surface area contributed by atoms with Crippen molar-refractivity contribution in [2.75, 3.05) is 26.2 Å². The van der Waals surface area contributed by atoms with Gasteiger partial charge in [-0.2, -0.15) is 0 Å². The first-order valence-electron chi connectivity index (χ1n) is 6.52. The first-order valence-corrected chi connectivity index (χ1v) is 6.52. The third-order valence-electron chi connectivity index (χ3n) is 3.59. The van der Waals surface area contributed by atoms with E-state index in [1.807, 2.05) is 6.92 Å². The van der Waals surface area contributed by atoms with Crippen LogP contribution in [0.3, 0.4) is 0 Å². The van der Waals surface area contributed by atoms with Gasteiger partial charge in [0, 0.05) is 19.7 Å². The third-order valence-corrected chi connectivity index (χ3v) is 3.59. The Morgan fingerprint density at radius 2 is 2.53 bits per heavy atom. The topological polar surface area (TPSA) is 50.4 Å². The normalized spacial score (nSPS) is 28.9. The zero-order valence-corrected chi connectivity index (χ0v) is 10.6. The molecule has 2 rings (SSSR count). The van der Waals surface area contributed by atoms with Gasteiger partial charge in [0.2, 0.25) is 0 Å². The molecule has 17 heavy (non-hydrogen) atoms. The van der Waals surface area contributed by atoms with Gasteiger partial charge in [-0.15, -0.1) is 0 Å². The van der Waals surface area contributed by atoms with Crippen molar-refractivity contribution in [2.45, 2.75) is 38.2 Å². The summed E-state index contributed by atoms with van der Waals surface area (Å²) in [6.07, 6.45) is 6.11. The highest BCUT2D eigenvalue weighted by molar-refractivity contribution is 5.84. The fourth-order valence-corrected chi connectivity index (χ4v) is 2.38. The van der Waals surface area contributed by atoms with E-state index in [1.54, 1.807) is 0 Å². The predicted octanol–water partition coefficient (Wildman–Crippen LogP) is 0.981. The second kappa shape index (κ2) is 5.65. The first-order chi connectivity index (χ1) is 8.21. The molecular formula is C13H22N2O2. The molecule has 1 fully saturated rings. The maximum absolute atomic E-state index is 11.9. The molecule has 0 aromatic carbocycles. The van der Waals surface area contributed by atoms with Gasteiger partial charge in [0.1, 0.15) is 5.60 Å². The molecule has 1 unspecified atom stereocenters. The van der Waals surface area contributed by atoms with E-state index in [-0.39, 0.29) is 5.91 Å². The smallest absolute Gasteiger partial charge is 0.251 e. The molecule has 1 amide bonds. The van der Waals surface area contributed by atoms with Crippen molar-refractivity contribution >= 4 is 5.91 Å². The van der Waals surface area contributed by atoms with Crippen molar-refractivity contribution in [3.8, 4) is 0 Å². The Hall–Kier alpha value is -0.870. The number of rotatable bonds is 4. The fraction of sp³-hybridized carbons (Fsp3) is 0.769. The maximum atomic E-state index is 11.9. The molecule has 0 aromatic heterocycles. The van der Waals surface area contributed by atoms with Crippen molar-refractivity contribution in [3.05, 3.63) is 11.6 Å². The quantitative estimate of drug-likeness (QED) is 0.718. The highest BCUT2D eigenvalue weighted by atomic mass is 16.5. The number of ether oxygens (including phenoxy) is 1. The number of carbonyl (C=O) groups is 1. The fourth-order valence-electron chi connectivity index (χ4n) is 2.38. The van der Waals surface area contributed by atoms with Crippen LogP contribution in [0.15, 0.2) is 11.6 Å². The van der Waals surface area contributed by atoms with Crippen LogP contribution in [-0.4, -0.2) is 37.7 Å². The van der Waals surface area contributed by atoms with E-state index in [9.17, 15) is 4.79 Å². The summed E-state index contributed by atoms with van der Waals surface area (Å²) in [5.41, 5.74) is 0.865.